The maximum absolute atomic E-state index is 11.7. The van der Waals surface area contributed by atoms with Gasteiger partial charge in [-0.15, -0.1) is 0 Å². The molecular weight excluding hydrogens is 328 g/mol. The molecule has 2 amide bonds. The van der Waals surface area contributed by atoms with Gasteiger partial charge in [0.15, 0.2) is 18.1 Å². The van der Waals surface area contributed by atoms with Gasteiger partial charge in [-0.05, 0) is 30.5 Å². The molecule has 136 valence electrons. The predicted octanol–water partition coefficient (Wildman–Crippen LogP) is 0.184. The molecule has 1 aromatic rings. The summed E-state index contributed by atoms with van der Waals surface area (Å²) >= 11 is 0. The van der Waals surface area contributed by atoms with E-state index in [1.165, 1.54) is 0 Å². The van der Waals surface area contributed by atoms with Crippen LogP contribution in [0.3, 0.4) is 0 Å². The van der Waals surface area contributed by atoms with Crippen molar-refractivity contribution in [1.82, 2.24) is 10.6 Å². The molecule has 1 fully saturated rings. The Balaban J connectivity index is 1.70. The molecule has 0 saturated carbocycles. The minimum absolute atomic E-state index is 0.179. The van der Waals surface area contributed by atoms with Crippen molar-refractivity contribution in [2.75, 3.05) is 27.4 Å². The lowest BCUT2D eigenvalue weighted by Crippen LogP contribution is -2.37. The van der Waals surface area contributed by atoms with Gasteiger partial charge in [0.1, 0.15) is 6.04 Å². The molecule has 0 radical (unpaired) electrons. The van der Waals surface area contributed by atoms with E-state index in [2.05, 4.69) is 10.6 Å². The fraction of sp³-hybridized carbons (Fsp3) is 0.471. The molecule has 0 aromatic heterocycles. The topological polar surface area (TPSA) is 103 Å². The molecular formula is C17H22N2O6. The van der Waals surface area contributed by atoms with Gasteiger partial charge in [-0.3, -0.25) is 9.59 Å². The first-order valence-electron chi connectivity index (χ1n) is 7.97. The Morgan fingerprint density at radius 2 is 2.00 bits per heavy atom. The lowest BCUT2D eigenvalue weighted by Gasteiger charge is -2.11. The Morgan fingerprint density at radius 1 is 1.24 bits per heavy atom. The predicted molar refractivity (Wildman–Crippen MR) is 88.4 cm³/mol. The van der Waals surface area contributed by atoms with Crippen LogP contribution >= 0.6 is 0 Å². The van der Waals surface area contributed by atoms with E-state index in [9.17, 15) is 14.4 Å². The second-order valence-corrected chi connectivity index (χ2v) is 5.56. The minimum atomic E-state index is -0.646. The van der Waals surface area contributed by atoms with Crippen LogP contribution in [-0.4, -0.2) is 51.2 Å². The van der Waals surface area contributed by atoms with Crippen LogP contribution in [0.2, 0.25) is 0 Å². The quantitative estimate of drug-likeness (QED) is 0.649. The van der Waals surface area contributed by atoms with Gasteiger partial charge in [0.05, 0.1) is 14.2 Å². The summed E-state index contributed by atoms with van der Waals surface area (Å²) in [5.41, 5.74) is 0.976. The van der Waals surface area contributed by atoms with Crippen LogP contribution in [0.15, 0.2) is 18.2 Å². The normalized spacial score (nSPS) is 16.1. The Kier molecular flexibility index (Phi) is 6.62. The number of esters is 1. The summed E-state index contributed by atoms with van der Waals surface area (Å²) in [4.78, 5) is 34.4. The third-order valence-corrected chi connectivity index (χ3v) is 3.81. The number of carbonyl (C=O) groups is 3. The van der Waals surface area contributed by atoms with Gasteiger partial charge in [-0.25, -0.2) is 4.79 Å². The van der Waals surface area contributed by atoms with E-state index in [0.717, 1.165) is 5.56 Å². The summed E-state index contributed by atoms with van der Waals surface area (Å²) in [6.45, 7) is 0.0309. The van der Waals surface area contributed by atoms with E-state index in [1.54, 1.807) is 20.3 Å². The number of benzene rings is 1. The summed E-state index contributed by atoms with van der Waals surface area (Å²) in [6.07, 6.45) is 1.30. The molecule has 1 aromatic carbocycles. The summed E-state index contributed by atoms with van der Waals surface area (Å²) in [7, 11) is 3.13. The van der Waals surface area contributed by atoms with E-state index in [4.69, 9.17) is 14.2 Å². The van der Waals surface area contributed by atoms with E-state index < -0.39 is 17.9 Å². The van der Waals surface area contributed by atoms with E-state index in [1.807, 2.05) is 12.1 Å². The van der Waals surface area contributed by atoms with Crippen molar-refractivity contribution in [3.63, 3.8) is 0 Å². The highest BCUT2D eigenvalue weighted by atomic mass is 16.5. The third kappa shape index (κ3) is 5.37. The second-order valence-electron chi connectivity index (χ2n) is 5.56. The molecule has 8 heteroatoms. The van der Waals surface area contributed by atoms with Gasteiger partial charge < -0.3 is 24.8 Å². The van der Waals surface area contributed by atoms with Crippen LogP contribution in [-0.2, 0) is 25.5 Å². The Hall–Kier alpha value is -2.77. The number of methoxy groups -OCH3 is 2. The summed E-state index contributed by atoms with van der Waals surface area (Å²) in [6, 6.07) is 4.88. The molecule has 1 heterocycles. The molecule has 1 saturated heterocycles. The van der Waals surface area contributed by atoms with Crippen LogP contribution in [0.1, 0.15) is 18.4 Å². The van der Waals surface area contributed by atoms with Crippen molar-refractivity contribution >= 4 is 17.8 Å². The highest BCUT2D eigenvalue weighted by Gasteiger charge is 2.28. The van der Waals surface area contributed by atoms with Crippen molar-refractivity contribution in [3.05, 3.63) is 23.8 Å². The highest BCUT2D eigenvalue weighted by Crippen LogP contribution is 2.27. The molecule has 8 nitrogen and oxygen atoms in total. The van der Waals surface area contributed by atoms with E-state index in [0.29, 0.717) is 37.3 Å². The van der Waals surface area contributed by atoms with Crippen LogP contribution in [0.25, 0.3) is 0 Å². The maximum Gasteiger partial charge on any atom is 0.329 e. The third-order valence-electron chi connectivity index (χ3n) is 3.81. The maximum atomic E-state index is 11.7. The van der Waals surface area contributed by atoms with Crippen molar-refractivity contribution in [2.45, 2.75) is 25.3 Å². The molecule has 0 aliphatic carbocycles. The van der Waals surface area contributed by atoms with Crippen molar-refractivity contribution in [1.29, 1.82) is 0 Å². The first kappa shape index (κ1) is 18.6. The van der Waals surface area contributed by atoms with Crippen molar-refractivity contribution in [2.24, 2.45) is 0 Å². The zero-order valence-electron chi connectivity index (χ0n) is 14.3. The van der Waals surface area contributed by atoms with Gasteiger partial charge in [0.25, 0.3) is 5.91 Å². The van der Waals surface area contributed by atoms with Crippen molar-refractivity contribution < 1.29 is 28.6 Å². The summed E-state index contributed by atoms with van der Waals surface area (Å²) in [5.74, 6) is 0.112. The largest absolute Gasteiger partial charge is 0.493 e. The molecule has 1 atom stereocenters. The lowest BCUT2D eigenvalue weighted by atomic mass is 10.1. The second kappa shape index (κ2) is 8.91. The number of nitrogens with one attached hydrogen (secondary N) is 2. The van der Waals surface area contributed by atoms with Crippen LogP contribution in [0.5, 0.6) is 11.5 Å². The molecule has 2 N–H and O–H groups in total. The Bertz CT molecular complexity index is 646. The number of rotatable bonds is 8. The number of hydrogen-bond acceptors (Lipinski definition) is 6. The number of carbonyl (C=O) groups excluding carboxylic acids is 3. The first-order valence-corrected chi connectivity index (χ1v) is 7.97. The van der Waals surface area contributed by atoms with E-state index >= 15 is 0 Å². The highest BCUT2D eigenvalue weighted by molar-refractivity contribution is 5.89. The Labute approximate surface area is 145 Å². The zero-order chi connectivity index (χ0) is 18.2. The average Bonchev–Trinajstić information content (AvgIpc) is 3.06. The fourth-order valence-corrected chi connectivity index (χ4v) is 2.46. The minimum Gasteiger partial charge on any atom is -0.493 e. The van der Waals surface area contributed by atoms with Crippen molar-refractivity contribution in [3.8, 4) is 11.5 Å². The average molecular weight is 350 g/mol. The van der Waals surface area contributed by atoms with Crippen LogP contribution < -0.4 is 20.1 Å². The summed E-state index contributed by atoms with van der Waals surface area (Å²) < 4.78 is 15.3. The standard InChI is InChI=1S/C17H22N2O6/c1-23-13-5-3-11(9-14(13)24-2)7-8-18-16(21)10-25-17(22)12-4-6-15(20)19-12/h3,5,9,12H,4,6-8,10H2,1-2H3,(H,18,21)(H,19,20)/t12-/m0/s1. The number of amides is 2. The Morgan fingerprint density at radius 3 is 2.64 bits per heavy atom. The zero-order valence-corrected chi connectivity index (χ0v) is 14.3. The summed E-state index contributed by atoms with van der Waals surface area (Å²) in [5, 5.41) is 5.17. The first-order chi connectivity index (χ1) is 12.0. The number of hydrogen-bond donors (Lipinski definition) is 2. The van der Waals surface area contributed by atoms with Gasteiger partial charge in [-0.2, -0.15) is 0 Å². The molecule has 1 aliphatic heterocycles. The van der Waals surface area contributed by atoms with Gasteiger partial charge in [-0.1, -0.05) is 6.07 Å². The van der Waals surface area contributed by atoms with Gasteiger partial charge >= 0.3 is 5.97 Å². The van der Waals surface area contributed by atoms with Gasteiger partial charge in [0.2, 0.25) is 5.91 Å². The van der Waals surface area contributed by atoms with Crippen LogP contribution in [0, 0.1) is 0 Å². The molecule has 2 rings (SSSR count). The number of ether oxygens (including phenoxy) is 3. The molecule has 0 spiro atoms. The fourth-order valence-electron chi connectivity index (χ4n) is 2.46. The van der Waals surface area contributed by atoms with Gasteiger partial charge in [0, 0.05) is 13.0 Å². The van der Waals surface area contributed by atoms with E-state index in [-0.39, 0.29) is 12.5 Å². The SMILES string of the molecule is COc1ccc(CCNC(=O)COC(=O)[C@@H]2CCC(=O)N2)cc1OC. The smallest absolute Gasteiger partial charge is 0.329 e. The molecule has 0 bridgehead atoms. The van der Waals surface area contributed by atoms with Crippen LogP contribution in [0.4, 0.5) is 0 Å². The molecule has 25 heavy (non-hydrogen) atoms. The molecule has 0 unspecified atom stereocenters. The lowest BCUT2D eigenvalue weighted by molar-refractivity contribution is -0.150. The molecule has 1 aliphatic rings. The monoisotopic (exact) mass is 350 g/mol.